The summed E-state index contributed by atoms with van der Waals surface area (Å²) in [4.78, 5) is 0. The largest absolute Gasteiger partial charge is 0.310 e. The van der Waals surface area contributed by atoms with E-state index in [1.165, 1.54) is 18.4 Å². The number of nitrogens with one attached hydrogen (secondary N) is 1. The first-order valence-electron chi connectivity index (χ1n) is 7.42. The molecule has 1 N–H and O–H groups in total. The van der Waals surface area contributed by atoms with Gasteiger partial charge in [-0.15, -0.1) is 0 Å². The number of hydrogen-bond acceptors (Lipinski definition) is 3. The summed E-state index contributed by atoms with van der Waals surface area (Å²) in [6.45, 7) is 8.01. The molecule has 5 nitrogen and oxygen atoms in total. The van der Waals surface area contributed by atoms with Crippen LogP contribution in [0.5, 0.6) is 0 Å². The van der Waals surface area contributed by atoms with E-state index in [0.29, 0.717) is 6.04 Å². The minimum Gasteiger partial charge on any atom is -0.310 e. The van der Waals surface area contributed by atoms with Crippen LogP contribution in [-0.4, -0.2) is 25.6 Å². The molecule has 108 valence electrons. The molecular formula is C15H23N5. The second kappa shape index (κ2) is 5.40. The van der Waals surface area contributed by atoms with E-state index >= 15 is 0 Å². The second-order valence-corrected chi connectivity index (χ2v) is 5.97. The fourth-order valence-corrected chi connectivity index (χ4v) is 2.27. The lowest BCUT2D eigenvalue weighted by molar-refractivity contribution is 0.520. The summed E-state index contributed by atoms with van der Waals surface area (Å²) in [5.74, 6) is 0. The van der Waals surface area contributed by atoms with E-state index in [2.05, 4.69) is 48.5 Å². The third-order valence-electron chi connectivity index (χ3n) is 3.72. The molecule has 2 heterocycles. The van der Waals surface area contributed by atoms with Crippen molar-refractivity contribution in [3.8, 4) is 0 Å². The molecule has 0 saturated heterocycles. The van der Waals surface area contributed by atoms with Crippen molar-refractivity contribution < 1.29 is 0 Å². The molecule has 0 atom stereocenters. The average Bonchev–Trinajstić information content (AvgIpc) is 3.00. The van der Waals surface area contributed by atoms with Gasteiger partial charge in [-0.3, -0.25) is 9.36 Å². The van der Waals surface area contributed by atoms with Crippen LogP contribution in [0.2, 0.25) is 0 Å². The number of nitrogens with zero attached hydrogens (tertiary/aromatic N) is 4. The standard InChI is InChI=1S/C15H23N5/c1-11(2)20-7-6-15(18-20)10-19-9-13(12(3)17-19)8-16-14-4-5-14/h6-7,9,11,14,16H,4-5,8,10H2,1-3H3. The highest BCUT2D eigenvalue weighted by Crippen LogP contribution is 2.19. The summed E-state index contributed by atoms with van der Waals surface area (Å²) >= 11 is 0. The molecule has 1 aliphatic rings. The van der Waals surface area contributed by atoms with Crippen molar-refractivity contribution in [1.82, 2.24) is 24.9 Å². The van der Waals surface area contributed by atoms with Gasteiger partial charge in [0.25, 0.3) is 0 Å². The van der Waals surface area contributed by atoms with Gasteiger partial charge in [-0.2, -0.15) is 10.2 Å². The monoisotopic (exact) mass is 273 g/mol. The van der Waals surface area contributed by atoms with Gasteiger partial charge in [0.05, 0.1) is 17.9 Å². The summed E-state index contributed by atoms with van der Waals surface area (Å²) in [5.41, 5.74) is 3.46. The highest BCUT2D eigenvalue weighted by molar-refractivity contribution is 5.16. The van der Waals surface area contributed by atoms with Crippen molar-refractivity contribution >= 4 is 0 Å². The predicted molar refractivity (Wildman–Crippen MR) is 78.5 cm³/mol. The lowest BCUT2D eigenvalue weighted by Gasteiger charge is -2.03. The number of aryl methyl sites for hydroxylation is 1. The molecular weight excluding hydrogens is 250 g/mol. The summed E-state index contributed by atoms with van der Waals surface area (Å²) in [6.07, 6.45) is 6.81. The predicted octanol–water partition coefficient (Wildman–Crippen LogP) is 2.27. The van der Waals surface area contributed by atoms with Crippen molar-refractivity contribution in [3.63, 3.8) is 0 Å². The van der Waals surface area contributed by atoms with Crippen LogP contribution in [-0.2, 0) is 13.1 Å². The van der Waals surface area contributed by atoms with Gasteiger partial charge in [0.2, 0.25) is 0 Å². The van der Waals surface area contributed by atoms with Crippen LogP contribution in [0.4, 0.5) is 0 Å². The molecule has 1 fully saturated rings. The van der Waals surface area contributed by atoms with E-state index in [9.17, 15) is 0 Å². The molecule has 2 aromatic heterocycles. The van der Waals surface area contributed by atoms with Crippen LogP contribution in [0.15, 0.2) is 18.5 Å². The van der Waals surface area contributed by atoms with Crippen molar-refractivity contribution in [3.05, 3.63) is 35.4 Å². The van der Waals surface area contributed by atoms with Crippen LogP contribution in [0.3, 0.4) is 0 Å². The maximum absolute atomic E-state index is 4.59. The Kier molecular flexibility index (Phi) is 3.61. The van der Waals surface area contributed by atoms with Crippen molar-refractivity contribution in [2.24, 2.45) is 0 Å². The highest BCUT2D eigenvalue weighted by Gasteiger charge is 2.20. The third kappa shape index (κ3) is 3.10. The minimum atomic E-state index is 0.404. The van der Waals surface area contributed by atoms with Gasteiger partial charge >= 0.3 is 0 Å². The molecule has 2 aromatic rings. The van der Waals surface area contributed by atoms with E-state index in [-0.39, 0.29) is 0 Å². The lowest BCUT2D eigenvalue weighted by atomic mass is 10.2. The molecule has 1 aliphatic carbocycles. The van der Waals surface area contributed by atoms with Gasteiger partial charge < -0.3 is 5.32 Å². The summed E-state index contributed by atoms with van der Waals surface area (Å²) < 4.78 is 3.98. The topological polar surface area (TPSA) is 47.7 Å². The van der Waals surface area contributed by atoms with Gasteiger partial charge in [-0.05, 0) is 39.7 Å². The maximum atomic E-state index is 4.59. The molecule has 5 heteroatoms. The SMILES string of the molecule is Cc1nn(Cc2ccn(C(C)C)n2)cc1CNC1CC1. The molecule has 0 radical (unpaired) electrons. The molecule has 0 amide bonds. The third-order valence-corrected chi connectivity index (χ3v) is 3.72. The normalized spacial score (nSPS) is 15.2. The van der Waals surface area contributed by atoms with Gasteiger partial charge in [0.1, 0.15) is 0 Å². The van der Waals surface area contributed by atoms with E-state index in [1.54, 1.807) is 0 Å². The summed E-state index contributed by atoms with van der Waals surface area (Å²) in [5, 5.41) is 12.7. The molecule has 1 saturated carbocycles. The van der Waals surface area contributed by atoms with Crippen LogP contribution in [0, 0.1) is 6.92 Å². The Bertz CT molecular complexity index is 577. The van der Waals surface area contributed by atoms with E-state index < -0.39 is 0 Å². The Morgan fingerprint density at radius 2 is 2.15 bits per heavy atom. The zero-order chi connectivity index (χ0) is 14.1. The first-order valence-corrected chi connectivity index (χ1v) is 7.42. The Morgan fingerprint density at radius 1 is 1.35 bits per heavy atom. The average molecular weight is 273 g/mol. The van der Waals surface area contributed by atoms with E-state index in [0.717, 1.165) is 30.5 Å². The smallest absolute Gasteiger partial charge is 0.0850 e. The molecule has 0 spiro atoms. The first kappa shape index (κ1) is 13.4. The Labute approximate surface area is 120 Å². The summed E-state index contributed by atoms with van der Waals surface area (Å²) in [7, 11) is 0. The molecule has 0 aliphatic heterocycles. The fraction of sp³-hybridized carbons (Fsp3) is 0.600. The lowest BCUT2D eigenvalue weighted by Crippen LogP contribution is -2.15. The Balaban J connectivity index is 1.65. The maximum Gasteiger partial charge on any atom is 0.0850 e. The fourth-order valence-electron chi connectivity index (χ4n) is 2.27. The van der Waals surface area contributed by atoms with Crippen LogP contribution in [0.1, 0.15) is 49.7 Å². The van der Waals surface area contributed by atoms with Gasteiger partial charge in [0, 0.05) is 36.6 Å². The summed E-state index contributed by atoms with van der Waals surface area (Å²) in [6, 6.07) is 3.21. The van der Waals surface area contributed by atoms with Crippen LogP contribution >= 0.6 is 0 Å². The first-order chi connectivity index (χ1) is 9.61. The molecule has 3 rings (SSSR count). The molecule has 0 aromatic carbocycles. The molecule has 20 heavy (non-hydrogen) atoms. The van der Waals surface area contributed by atoms with Gasteiger partial charge in [0.15, 0.2) is 0 Å². The number of aromatic nitrogens is 4. The van der Waals surface area contributed by atoms with Crippen molar-refractivity contribution in [1.29, 1.82) is 0 Å². The minimum absolute atomic E-state index is 0.404. The number of hydrogen-bond donors (Lipinski definition) is 1. The van der Waals surface area contributed by atoms with Crippen LogP contribution < -0.4 is 5.32 Å². The number of rotatable bonds is 6. The molecule has 0 unspecified atom stereocenters. The van der Waals surface area contributed by atoms with Gasteiger partial charge in [-0.25, -0.2) is 0 Å². The van der Waals surface area contributed by atoms with E-state index in [4.69, 9.17) is 0 Å². The highest BCUT2D eigenvalue weighted by atomic mass is 15.3. The molecule has 0 bridgehead atoms. The zero-order valence-corrected chi connectivity index (χ0v) is 12.5. The van der Waals surface area contributed by atoms with Crippen molar-refractivity contribution in [2.45, 2.75) is 58.8 Å². The Morgan fingerprint density at radius 3 is 2.80 bits per heavy atom. The Hall–Kier alpha value is -1.62. The van der Waals surface area contributed by atoms with Crippen molar-refractivity contribution in [2.75, 3.05) is 0 Å². The second-order valence-electron chi connectivity index (χ2n) is 5.97. The van der Waals surface area contributed by atoms with Crippen LogP contribution in [0.25, 0.3) is 0 Å². The van der Waals surface area contributed by atoms with E-state index in [1.807, 2.05) is 15.6 Å². The zero-order valence-electron chi connectivity index (χ0n) is 12.5. The van der Waals surface area contributed by atoms with Gasteiger partial charge in [-0.1, -0.05) is 0 Å². The quantitative estimate of drug-likeness (QED) is 0.878.